The van der Waals surface area contributed by atoms with E-state index in [1.165, 1.54) is 0 Å². The Morgan fingerprint density at radius 3 is 2.38 bits per heavy atom. The van der Waals surface area contributed by atoms with Gasteiger partial charge in [0.2, 0.25) is 0 Å². The maximum absolute atomic E-state index is 12.4. The number of fused-ring (bicyclic) bond motifs is 1. The van der Waals surface area contributed by atoms with Crippen LogP contribution in [0.5, 0.6) is 0 Å². The van der Waals surface area contributed by atoms with E-state index in [1.807, 2.05) is 45.0 Å². The van der Waals surface area contributed by atoms with Crippen LogP contribution < -0.4 is 4.90 Å². The lowest BCUT2D eigenvalue weighted by atomic mass is 10.0. The molecule has 0 saturated carbocycles. The second-order valence-electron chi connectivity index (χ2n) is 6.97. The molecule has 4 nitrogen and oxygen atoms in total. The molecule has 124 valence electrons. The van der Waals surface area contributed by atoms with Crippen LogP contribution in [0, 0.1) is 0 Å². The minimum Gasteiger partial charge on any atom is -0.443 e. The van der Waals surface area contributed by atoms with Gasteiger partial charge in [0.25, 0.3) is 0 Å². The number of benzene rings is 2. The van der Waals surface area contributed by atoms with E-state index in [0.717, 1.165) is 35.1 Å². The first-order valence-corrected chi connectivity index (χ1v) is 8.06. The third-order valence-electron chi connectivity index (χ3n) is 3.97. The van der Waals surface area contributed by atoms with E-state index in [0.29, 0.717) is 12.1 Å². The topological polar surface area (TPSA) is 46.6 Å². The third-order valence-corrected chi connectivity index (χ3v) is 3.97. The predicted molar refractivity (Wildman–Crippen MR) is 94.5 cm³/mol. The lowest BCUT2D eigenvalue weighted by Crippen LogP contribution is -2.35. The third kappa shape index (κ3) is 3.32. The molecule has 0 radical (unpaired) electrons. The van der Waals surface area contributed by atoms with Crippen LogP contribution >= 0.6 is 0 Å². The highest BCUT2D eigenvalue weighted by atomic mass is 16.6. The van der Waals surface area contributed by atoms with Gasteiger partial charge in [-0.3, -0.25) is 9.69 Å². The number of anilines is 1. The molecule has 0 atom stereocenters. The van der Waals surface area contributed by atoms with Gasteiger partial charge in [0.05, 0.1) is 5.69 Å². The van der Waals surface area contributed by atoms with Gasteiger partial charge in [-0.15, -0.1) is 0 Å². The van der Waals surface area contributed by atoms with Gasteiger partial charge < -0.3 is 4.74 Å². The number of aldehydes is 1. The molecule has 1 heterocycles. The molecule has 1 amide bonds. The second-order valence-corrected chi connectivity index (χ2v) is 6.97. The van der Waals surface area contributed by atoms with Crippen molar-refractivity contribution in [3.63, 3.8) is 0 Å². The number of carbonyl (C=O) groups is 2. The number of carbonyl (C=O) groups excluding carboxylic acids is 2. The van der Waals surface area contributed by atoms with Crippen LogP contribution in [0.4, 0.5) is 10.5 Å². The molecule has 0 unspecified atom stereocenters. The van der Waals surface area contributed by atoms with Crippen molar-refractivity contribution in [2.45, 2.75) is 32.8 Å². The molecule has 2 aromatic rings. The largest absolute Gasteiger partial charge is 0.443 e. The number of hydrogen-bond acceptors (Lipinski definition) is 3. The zero-order valence-electron chi connectivity index (χ0n) is 14.2. The molecule has 2 aromatic carbocycles. The minimum atomic E-state index is -0.512. The van der Waals surface area contributed by atoms with Gasteiger partial charge in [-0.05, 0) is 49.9 Å². The fourth-order valence-electron chi connectivity index (χ4n) is 2.82. The smallest absolute Gasteiger partial charge is 0.414 e. The van der Waals surface area contributed by atoms with Crippen molar-refractivity contribution in [3.8, 4) is 11.1 Å². The molecule has 0 saturated heterocycles. The molecule has 0 spiro atoms. The first kappa shape index (κ1) is 16.2. The minimum absolute atomic E-state index is 0.310. The summed E-state index contributed by atoms with van der Waals surface area (Å²) in [6.45, 7) is 6.24. The van der Waals surface area contributed by atoms with E-state index in [1.54, 1.807) is 17.0 Å². The van der Waals surface area contributed by atoms with Gasteiger partial charge in [-0.2, -0.15) is 0 Å². The number of rotatable bonds is 2. The van der Waals surface area contributed by atoms with Crippen molar-refractivity contribution in [3.05, 3.63) is 53.6 Å². The zero-order chi connectivity index (χ0) is 17.3. The molecule has 3 rings (SSSR count). The molecule has 0 N–H and O–H groups in total. The zero-order valence-corrected chi connectivity index (χ0v) is 14.2. The summed E-state index contributed by atoms with van der Waals surface area (Å²) in [6, 6.07) is 13.5. The quantitative estimate of drug-likeness (QED) is 0.766. The van der Waals surface area contributed by atoms with Crippen molar-refractivity contribution >= 4 is 18.1 Å². The van der Waals surface area contributed by atoms with Gasteiger partial charge in [-0.1, -0.05) is 36.4 Å². The SMILES string of the molecule is CC(C)(C)OC(=O)N1CCc2ccc(-c3ccc(C=O)cc3)cc21. The summed E-state index contributed by atoms with van der Waals surface area (Å²) in [6.07, 6.45) is 1.35. The second kappa shape index (κ2) is 6.11. The van der Waals surface area contributed by atoms with Crippen molar-refractivity contribution in [2.24, 2.45) is 0 Å². The Balaban J connectivity index is 1.90. The maximum atomic E-state index is 12.4. The average Bonchev–Trinajstić information content (AvgIpc) is 2.96. The summed E-state index contributed by atoms with van der Waals surface area (Å²) in [4.78, 5) is 24.9. The Labute approximate surface area is 142 Å². The molecule has 24 heavy (non-hydrogen) atoms. The Morgan fingerprint density at radius 2 is 1.75 bits per heavy atom. The van der Waals surface area contributed by atoms with Crippen LogP contribution in [0.25, 0.3) is 11.1 Å². The fraction of sp³-hybridized carbons (Fsp3) is 0.300. The van der Waals surface area contributed by atoms with Crippen molar-refractivity contribution in [1.29, 1.82) is 0 Å². The van der Waals surface area contributed by atoms with Gasteiger partial charge in [0.15, 0.2) is 0 Å². The summed E-state index contributed by atoms with van der Waals surface area (Å²) in [7, 11) is 0. The molecule has 1 aliphatic rings. The van der Waals surface area contributed by atoms with Crippen LogP contribution in [0.15, 0.2) is 42.5 Å². The molecular formula is C20H21NO3. The van der Waals surface area contributed by atoms with E-state index >= 15 is 0 Å². The first-order chi connectivity index (χ1) is 11.4. The molecule has 0 bridgehead atoms. The van der Waals surface area contributed by atoms with E-state index in [2.05, 4.69) is 6.07 Å². The number of nitrogens with zero attached hydrogens (tertiary/aromatic N) is 1. The predicted octanol–water partition coefficient (Wildman–Crippen LogP) is 4.46. The Hall–Kier alpha value is -2.62. The average molecular weight is 323 g/mol. The number of amides is 1. The van der Waals surface area contributed by atoms with Crippen LogP contribution in [-0.4, -0.2) is 24.5 Å². The van der Waals surface area contributed by atoms with Crippen LogP contribution in [0.1, 0.15) is 36.7 Å². The molecular weight excluding hydrogens is 302 g/mol. The summed E-state index contributed by atoms with van der Waals surface area (Å²) in [5, 5.41) is 0. The van der Waals surface area contributed by atoms with Gasteiger partial charge >= 0.3 is 6.09 Å². The number of ether oxygens (including phenoxy) is 1. The highest BCUT2D eigenvalue weighted by Gasteiger charge is 2.29. The van der Waals surface area contributed by atoms with Crippen LogP contribution in [0.2, 0.25) is 0 Å². The van der Waals surface area contributed by atoms with Crippen molar-refractivity contribution in [2.75, 3.05) is 11.4 Å². The van der Waals surface area contributed by atoms with E-state index in [9.17, 15) is 9.59 Å². The lowest BCUT2D eigenvalue weighted by Gasteiger charge is -2.25. The number of hydrogen-bond donors (Lipinski definition) is 0. The molecule has 0 aliphatic carbocycles. The van der Waals surface area contributed by atoms with E-state index in [-0.39, 0.29) is 6.09 Å². The Bertz CT molecular complexity index is 772. The highest BCUT2D eigenvalue weighted by molar-refractivity contribution is 5.92. The molecule has 4 heteroatoms. The standard InChI is InChI=1S/C20H21NO3/c1-20(2,3)24-19(23)21-11-10-16-8-9-17(12-18(16)21)15-6-4-14(13-22)5-7-15/h4-9,12-13H,10-11H2,1-3H3. The fourth-order valence-corrected chi connectivity index (χ4v) is 2.82. The van der Waals surface area contributed by atoms with Gasteiger partial charge in [0.1, 0.15) is 11.9 Å². The van der Waals surface area contributed by atoms with Crippen molar-refractivity contribution in [1.82, 2.24) is 0 Å². The molecule has 0 fully saturated rings. The maximum Gasteiger partial charge on any atom is 0.414 e. The summed E-state index contributed by atoms with van der Waals surface area (Å²) >= 11 is 0. The summed E-state index contributed by atoms with van der Waals surface area (Å²) in [5.41, 5.74) is 4.22. The van der Waals surface area contributed by atoms with E-state index < -0.39 is 5.60 Å². The Morgan fingerprint density at radius 1 is 1.08 bits per heavy atom. The van der Waals surface area contributed by atoms with Gasteiger partial charge in [-0.25, -0.2) is 4.79 Å². The van der Waals surface area contributed by atoms with E-state index in [4.69, 9.17) is 4.74 Å². The first-order valence-electron chi connectivity index (χ1n) is 8.06. The summed E-state index contributed by atoms with van der Waals surface area (Å²) < 4.78 is 5.50. The summed E-state index contributed by atoms with van der Waals surface area (Å²) in [5.74, 6) is 0. The lowest BCUT2D eigenvalue weighted by molar-refractivity contribution is 0.0584. The highest BCUT2D eigenvalue weighted by Crippen LogP contribution is 2.33. The van der Waals surface area contributed by atoms with Crippen LogP contribution in [0.3, 0.4) is 0 Å². The van der Waals surface area contributed by atoms with Crippen LogP contribution in [-0.2, 0) is 11.2 Å². The van der Waals surface area contributed by atoms with Crippen molar-refractivity contribution < 1.29 is 14.3 Å². The normalized spacial score (nSPS) is 13.5. The Kier molecular flexibility index (Phi) is 4.14. The molecule has 1 aliphatic heterocycles. The monoisotopic (exact) mass is 323 g/mol. The molecule has 0 aromatic heterocycles. The van der Waals surface area contributed by atoms with Gasteiger partial charge in [0, 0.05) is 12.1 Å².